The number of rotatable bonds is 7. The molecule has 166 valence electrons. The fraction of sp³-hybridized carbons (Fsp3) is 0.143. The Kier molecular flexibility index (Phi) is 7.06. The Morgan fingerprint density at radius 2 is 1.91 bits per heavy atom. The van der Waals surface area contributed by atoms with Crippen LogP contribution >= 0.6 is 23.1 Å². The Balaban J connectivity index is 1.94. The minimum atomic E-state index is -1.04. The van der Waals surface area contributed by atoms with E-state index in [1.807, 2.05) is 30.3 Å². The van der Waals surface area contributed by atoms with Crippen molar-refractivity contribution in [3.05, 3.63) is 75.5 Å². The standard InChI is InChI=1S/C21H19ClFN5O3S/c1-11(20(30)26-10-12-5-3-2-4-6-12)28(13-7-8-15(23)14(22)9-13)21(31)18-16(24)17(19(25)29)27-32-18/h2-9,11H,10,24H2,1H3,(H2,25,29)(H,26,30). The number of nitrogen functional groups attached to an aromatic ring is 1. The molecule has 1 atom stereocenters. The van der Waals surface area contributed by atoms with Gasteiger partial charge in [0.25, 0.3) is 11.8 Å². The molecule has 0 saturated carbocycles. The van der Waals surface area contributed by atoms with Crippen LogP contribution in [0, 0.1) is 5.82 Å². The van der Waals surface area contributed by atoms with Gasteiger partial charge in [-0.2, -0.15) is 4.37 Å². The zero-order valence-corrected chi connectivity index (χ0v) is 18.4. The number of amides is 3. The van der Waals surface area contributed by atoms with Crippen molar-refractivity contribution in [1.82, 2.24) is 9.69 Å². The molecular weight excluding hydrogens is 457 g/mol. The maximum Gasteiger partial charge on any atom is 0.272 e. The number of carbonyl (C=O) groups excluding carboxylic acids is 3. The second-order valence-electron chi connectivity index (χ2n) is 6.79. The highest BCUT2D eigenvalue weighted by Crippen LogP contribution is 2.29. The third-order valence-electron chi connectivity index (χ3n) is 4.63. The molecule has 1 aromatic heterocycles. The number of nitrogens with two attached hydrogens (primary N) is 2. The van der Waals surface area contributed by atoms with Gasteiger partial charge in [0.2, 0.25) is 5.91 Å². The summed E-state index contributed by atoms with van der Waals surface area (Å²) in [6.45, 7) is 1.74. The van der Waals surface area contributed by atoms with Crippen LogP contribution in [0.3, 0.4) is 0 Å². The Morgan fingerprint density at radius 1 is 1.22 bits per heavy atom. The first-order chi connectivity index (χ1) is 15.2. The highest BCUT2D eigenvalue weighted by Gasteiger charge is 2.32. The van der Waals surface area contributed by atoms with Crippen LogP contribution in [0.25, 0.3) is 0 Å². The Bertz CT molecular complexity index is 1170. The van der Waals surface area contributed by atoms with Crippen molar-refractivity contribution in [2.45, 2.75) is 19.5 Å². The van der Waals surface area contributed by atoms with Gasteiger partial charge in [-0.1, -0.05) is 41.9 Å². The Morgan fingerprint density at radius 3 is 2.50 bits per heavy atom. The fourth-order valence-corrected chi connectivity index (χ4v) is 3.86. The molecule has 3 amide bonds. The molecule has 0 radical (unpaired) electrons. The van der Waals surface area contributed by atoms with Crippen LogP contribution in [-0.2, 0) is 11.3 Å². The minimum absolute atomic E-state index is 0.0815. The van der Waals surface area contributed by atoms with Gasteiger partial charge in [0.05, 0.1) is 10.7 Å². The van der Waals surface area contributed by atoms with Crippen LogP contribution in [-0.4, -0.2) is 28.1 Å². The van der Waals surface area contributed by atoms with E-state index < -0.39 is 29.6 Å². The second kappa shape index (κ2) is 9.75. The van der Waals surface area contributed by atoms with Gasteiger partial charge in [-0.15, -0.1) is 0 Å². The van der Waals surface area contributed by atoms with Crippen LogP contribution in [0.5, 0.6) is 0 Å². The lowest BCUT2D eigenvalue weighted by molar-refractivity contribution is -0.122. The summed E-state index contributed by atoms with van der Waals surface area (Å²) in [6.07, 6.45) is 0. The summed E-state index contributed by atoms with van der Waals surface area (Å²) >= 11 is 6.58. The Labute approximate surface area is 192 Å². The van der Waals surface area contributed by atoms with E-state index in [-0.39, 0.29) is 33.5 Å². The quantitative estimate of drug-likeness (QED) is 0.483. The Hall–Kier alpha value is -3.50. The van der Waals surface area contributed by atoms with Crippen molar-refractivity contribution < 1.29 is 18.8 Å². The van der Waals surface area contributed by atoms with Crippen molar-refractivity contribution >= 4 is 52.2 Å². The molecule has 0 fully saturated rings. The number of aromatic nitrogens is 1. The van der Waals surface area contributed by atoms with Gasteiger partial charge < -0.3 is 16.8 Å². The normalized spacial score (nSPS) is 11.6. The molecular formula is C21H19ClFN5O3S. The van der Waals surface area contributed by atoms with Crippen molar-refractivity contribution in [3.63, 3.8) is 0 Å². The lowest BCUT2D eigenvalue weighted by Crippen LogP contribution is -2.48. The topological polar surface area (TPSA) is 131 Å². The summed E-state index contributed by atoms with van der Waals surface area (Å²) in [5.74, 6) is -2.75. The summed E-state index contributed by atoms with van der Waals surface area (Å²) in [5.41, 5.74) is 11.7. The van der Waals surface area contributed by atoms with E-state index in [1.54, 1.807) is 0 Å². The molecule has 3 aromatic rings. The smallest absolute Gasteiger partial charge is 0.272 e. The first-order valence-corrected chi connectivity index (χ1v) is 10.5. The van der Waals surface area contributed by atoms with Crippen molar-refractivity contribution in [1.29, 1.82) is 0 Å². The SMILES string of the molecule is CC(C(=O)NCc1ccccc1)N(C(=O)c1snc(C(N)=O)c1N)c1ccc(F)c(Cl)c1. The van der Waals surface area contributed by atoms with Gasteiger partial charge in [-0.05, 0) is 42.2 Å². The number of anilines is 2. The predicted octanol–water partition coefficient (Wildman–Crippen LogP) is 2.97. The molecule has 1 unspecified atom stereocenters. The molecule has 0 aliphatic rings. The largest absolute Gasteiger partial charge is 0.395 e. The molecule has 5 N–H and O–H groups in total. The molecule has 0 aliphatic carbocycles. The predicted molar refractivity (Wildman–Crippen MR) is 121 cm³/mol. The number of nitrogens with one attached hydrogen (secondary N) is 1. The lowest BCUT2D eigenvalue weighted by atomic mass is 10.1. The monoisotopic (exact) mass is 475 g/mol. The van der Waals surface area contributed by atoms with Crippen LogP contribution in [0.2, 0.25) is 5.02 Å². The number of nitrogens with zero attached hydrogens (tertiary/aromatic N) is 2. The van der Waals surface area contributed by atoms with E-state index in [0.717, 1.165) is 16.5 Å². The zero-order valence-electron chi connectivity index (χ0n) is 16.8. The third kappa shape index (κ3) is 4.87. The van der Waals surface area contributed by atoms with Crippen molar-refractivity contribution in [2.24, 2.45) is 5.73 Å². The second-order valence-corrected chi connectivity index (χ2v) is 7.97. The van der Waals surface area contributed by atoms with Gasteiger partial charge in [-0.25, -0.2) is 4.39 Å². The number of primary amides is 1. The highest BCUT2D eigenvalue weighted by atomic mass is 35.5. The average Bonchev–Trinajstić information content (AvgIpc) is 3.16. The first kappa shape index (κ1) is 23.2. The lowest BCUT2D eigenvalue weighted by Gasteiger charge is -2.28. The van der Waals surface area contributed by atoms with E-state index in [2.05, 4.69) is 9.69 Å². The third-order valence-corrected chi connectivity index (χ3v) is 5.77. The summed E-state index contributed by atoms with van der Waals surface area (Å²) in [7, 11) is 0. The van der Waals surface area contributed by atoms with E-state index in [9.17, 15) is 18.8 Å². The number of hydrogen-bond donors (Lipinski definition) is 3. The summed E-state index contributed by atoms with van der Waals surface area (Å²) in [4.78, 5) is 38.8. The average molecular weight is 476 g/mol. The van der Waals surface area contributed by atoms with Gasteiger partial charge in [0, 0.05) is 12.2 Å². The molecule has 8 nitrogen and oxygen atoms in total. The molecule has 32 heavy (non-hydrogen) atoms. The van der Waals surface area contributed by atoms with Gasteiger partial charge >= 0.3 is 0 Å². The van der Waals surface area contributed by atoms with Crippen LogP contribution < -0.4 is 21.7 Å². The first-order valence-electron chi connectivity index (χ1n) is 9.36. The summed E-state index contributed by atoms with van der Waals surface area (Å²) in [5, 5.41) is 2.53. The molecule has 0 saturated heterocycles. The van der Waals surface area contributed by atoms with E-state index in [0.29, 0.717) is 11.5 Å². The maximum absolute atomic E-state index is 13.7. The van der Waals surface area contributed by atoms with Gasteiger partial charge in [0.1, 0.15) is 16.7 Å². The minimum Gasteiger partial charge on any atom is -0.395 e. The molecule has 11 heteroatoms. The van der Waals surface area contributed by atoms with Crippen LogP contribution in [0.15, 0.2) is 48.5 Å². The number of hydrogen-bond acceptors (Lipinski definition) is 6. The fourth-order valence-electron chi connectivity index (χ4n) is 2.94. The summed E-state index contributed by atoms with van der Waals surface area (Å²) < 4.78 is 17.5. The maximum atomic E-state index is 13.7. The molecule has 1 heterocycles. The van der Waals surface area contributed by atoms with Gasteiger partial charge in [-0.3, -0.25) is 19.3 Å². The molecule has 2 aromatic carbocycles. The van der Waals surface area contributed by atoms with E-state index in [4.69, 9.17) is 23.1 Å². The van der Waals surface area contributed by atoms with E-state index in [1.165, 1.54) is 19.1 Å². The number of carbonyl (C=O) groups is 3. The van der Waals surface area contributed by atoms with Crippen molar-refractivity contribution in [2.75, 3.05) is 10.6 Å². The molecule has 0 aliphatic heterocycles. The summed E-state index contributed by atoms with van der Waals surface area (Å²) in [6, 6.07) is 11.8. The number of benzene rings is 2. The molecule has 3 rings (SSSR count). The highest BCUT2D eigenvalue weighted by molar-refractivity contribution is 7.09. The van der Waals surface area contributed by atoms with Crippen LogP contribution in [0.4, 0.5) is 15.8 Å². The number of halogens is 2. The van der Waals surface area contributed by atoms with Crippen molar-refractivity contribution in [3.8, 4) is 0 Å². The molecule has 0 spiro atoms. The van der Waals surface area contributed by atoms with Crippen LogP contribution in [0.1, 0.15) is 32.6 Å². The van der Waals surface area contributed by atoms with E-state index >= 15 is 0 Å². The van der Waals surface area contributed by atoms with Gasteiger partial charge in [0.15, 0.2) is 5.69 Å². The molecule has 0 bridgehead atoms. The zero-order chi connectivity index (χ0) is 23.4.